The highest BCUT2D eigenvalue weighted by Gasteiger charge is 2.06. The van der Waals surface area contributed by atoms with Crippen LogP contribution in [0.15, 0.2) is 42.7 Å². The number of ether oxygens (including phenoxy) is 1. The summed E-state index contributed by atoms with van der Waals surface area (Å²) in [7, 11) is 0. The van der Waals surface area contributed by atoms with Crippen LogP contribution >= 0.6 is 12.2 Å². The normalized spacial score (nSPS) is 10.2. The third kappa shape index (κ3) is 4.03. The summed E-state index contributed by atoms with van der Waals surface area (Å²) in [5, 5.41) is 0. The van der Waals surface area contributed by atoms with Gasteiger partial charge in [-0.25, -0.2) is 0 Å². The number of pyridine rings is 1. The van der Waals surface area contributed by atoms with E-state index in [-0.39, 0.29) is 0 Å². The van der Waals surface area contributed by atoms with Crippen LogP contribution in [0.5, 0.6) is 5.75 Å². The van der Waals surface area contributed by atoms with Crippen molar-refractivity contribution in [2.45, 2.75) is 19.8 Å². The van der Waals surface area contributed by atoms with Gasteiger partial charge in [0.1, 0.15) is 10.7 Å². The Hall–Kier alpha value is -1.94. The van der Waals surface area contributed by atoms with Crippen LogP contribution in [0.25, 0.3) is 0 Å². The molecular weight excluding hydrogens is 268 g/mol. The average molecular weight is 286 g/mol. The summed E-state index contributed by atoms with van der Waals surface area (Å²) in [5.74, 6) is 0.762. The summed E-state index contributed by atoms with van der Waals surface area (Å²) >= 11 is 5.06. The van der Waals surface area contributed by atoms with Crippen molar-refractivity contribution in [2.24, 2.45) is 5.73 Å². The largest absolute Gasteiger partial charge is 0.493 e. The van der Waals surface area contributed by atoms with Crippen molar-refractivity contribution in [2.75, 3.05) is 6.61 Å². The molecule has 0 aliphatic heterocycles. The van der Waals surface area contributed by atoms with Gasteiger partial charge in [-0.1, -0.05) is 23.8 Å². The quantitative estimate of drug-likeness (QED) is 0.655. The summed E-state index contributed by atoms with van der Waals surface area (Å²) in [4.78, 5) is 4.37. The Labute approximate surface area is 124 Å². The van der Waals surface area contributed by atoms with Gasteiger partial charge in [0.2, 0.25) is 0 Å². The van der Waals surface area contributed by atoms with Gasteiger partial charge in [0.25, 0.3) is 0 Å². The van der Waals surface area contributed by atoms with Crippen LogP contribution in [0.3, 0.4) is 0 Å². The van der Waals surface area contributed by atoms with Crippen LogP contribution in [-0.2, 0) is 6.42 Å². The fraction of sp³-hybridized carbons (Fsp3) is 0.250. The molecular formula is C16H18N2OS. The third-order valence-electron chi connectivity index (χ3n) is 3.02. The van der Waals surface area contributed by atoms with Crippen molar-refractivity contribution in [3.63, 3.8) is 0 Å². The molecule has 4 heteroatoms. The van der Waals surface area contributed by atoms with Crippen LogP contribution in [-0.4, -0.2) is 16.6 Å². The number of rotatable bonds is 6. The van der Waals surface area contributed by atoms with E-state index < -0.39 is 0 Å². The van der Waals surface area contributed by atoms with E-state index in [4.69, 9.17) is 22.7 Å². The van der Waals surface area contributed by atoms with Gasteiger partial charge in [-0.3, -0.25) is 4.98 Å². The SMILES string of the molecule is Cc1ccc(OCCCc2ccncc2)c(C(N)=S)c1. The van der Waals surface area contributed by atoms with Gasteiger partial charge in [-0.05, 0) is 49.6 Å². The first kappa shape index (κ1) is 14.5. The first-order valence-corrected chi connectivity index (χ1v) is 7.00. The molecule has 0 aliphatic carbocycles. The molecule has 2 rings (SSSR count). The highest BCUT2D eigenvalue weighted by molar-refractivity contribution is 7.80. The van der Waals surface area contributed by atoms with Crippen LogP contribution in [0.1, 0.15) is 23.1 Å². The number of thiocarbonyl (C=S) groups is 1. The molecule has 0 fully saturated rings. The smallest absolute Gasteiger partial charge is 0.129 e. The number of benzene rings is 1. The third-order valence-corrected chi connectivity index (χ3v) is 3.24. The summed E-state index contributed by atoms with van der Waals surface area (Å²) in [6.07, 6.45) is 5.52. The van der Waals surface area contributed by atoms with Crippen molar-refractivity contribution < 1.29 is 4.74 Å². The highest BCUT2D eigenvalue weighted by Crippen LogP contribution is 2.20. The second kappa shape index (κ2) is 7.01. The molecule has 20 heavy (non-hydrogen) atoms. The van der Waals surface area contributed by atoms with E-state index in [1.165, 1.54) is 5.56 Å². The molecule has 0 bridgehead atoms. The van der Waals surface area contributed by atoms with E-state index in [2.05, 4.69) is 4.98 Å². The maximum Gasteiger partial charge on any atom is 0.129 e. The fourth-order valence-corrected chi connectivity index (χ4v) is 2.13. The molecule has 0 atom stereocenters. The Morgan fingerprint density at radius 3 is 2.70 bits per heavy atom. The van der Waals surface area contributed by atoms with Crippen LogP contribution in [0.2, 0.25) is 0 Å². The molecule has 1 aromatic carbocycles. The first-order valence-electron chi connectivity index (χ1n) is 6.59. The second-order valence-corrected chi connectivity index (χ2v) is 5.11. The van der Waals surface area contributed by atoms with Gasteiger partial charge in [0.05, 0.1) is 12.2 Å². The lowest BCUT2D eigenvalue weighted by Gasteiger charge is -2.11. The molecule has 0 saturated carbocycles. The van der Waals surface area contributed by atoms with Crippen molar-refractivity contribution in [3.05, 3.63) is 59.4 Å². The van der Waals surface area contributed by atoms with E-state index in [0.29, 0.717) is 11.6 Å². The first-order chi connectivity index (χ1) is 9.66. The monoisotopic (exact) mass is 286 g/mol. The molecule has 0 radical (unpaired) electrons. The predicted molar refractivity (Wildman–Crippen MR) is 85.1 cm³/mol. The van der Waals surface area contributed by atoms with Crippen LogP contribution in [0.4, 0.5) is 0 Å². The number of nitrogens with zero attached hydrogens (tertiary/aromatic N) is 1. The van der Waals surface area contributed by atoms with Crippen molar-refractivity contribution >= 4 is 17.2 Å². The van der Waals surface area contributed by atoms with Crippen molar-refractivity contribution in [1.82, 2.24) is 4.98 Å². The standard InChI is InChI=1S/C16H18N2OS/c1-12-4-5-15(14(11-12)16(17)20)19-10-2-3-13-6-8-18-9-7-13/h4-9,11H,2-3,10H2,1H3,(H2,17,20). The fourth-order valence-electron chi connectivity index (χ4n) is 1.97. The molecule has 104 valence electrons. The Bertz CT molecular complexity index is 584. The van der Waals surface area contributed by atoms with Gasteiger partial charge in [-0.2, -0.15) is 0 Å². The van der Waals surface area contributed by atoms with E-state index >= 15 is 0 Å². The predicted octanol–water partition coefficient (Wildman–Crippen LogP) is 3.04. The molecule has 0 unspecified atom stereocenters. The Morgan fingerprint density at radius 1 is 1.25 bits per heavy atom. The minimum Gasteiger partial charge on any atom is -0.493 e. The van der Waals surface area contributed by atoms with Gasteiger partial charge in [0, 0.05) is 12.4 Å². The van der Waals surface area contributed by atoms with E-state index in [1.807, 2.05) is 37.3 Å². The number of aryl methyl sites for hydroxylation is 2. The maximum absolute atomic E-state index is 5.79. The Morgan fingerprint density at radius 2 is 2.00 bits per heavy atom. The zero-order valence-electron chi connectivity index (χ0n) is 11.5. The zero-order chi connectivity index (χ0) is 14.4. The van der Waals surface area contributed by atoms with E-state index in [1.54, 1.807) is 12.4 Å². The summed E-state index contributed by atoms with van der Waals surface area (Å²) < 4.78 is 5.79. The molecule has 0 saturated heterocycles. The number of aromatic nitrogens is 1. The molecule has 1 aromatic heterocycles. The molecule has 1 heterocycles. The lowest BCUT2D eigenvalue weighted by molar-refractivity contribution is 0.310. The lowest BCUT2D eigenvalue weighted by atomic mass is 10.1. The lowest BCUT2D eigenvalue weighted by Crippen LogP contribution is -2.12. The van der Waals surface area contributed by atoms with Gasteiger partial charge >= 0.3 is 0 Å². The van der Waals surface area contributed by atoms with Gasteiger partial charge < -0.3 is 10.5 Å². The molecule has 2 aromatic rings. The Balaban J connectivity index is 1.90. The number of hydrogen-bond donors (Lipinski definition) is 1. The number of nitrogens with two attached hydrogens (primary N) is 1. The summed E-state index contributed by atoms with van der Waals surface area (Å²) in [6.45, 7) is 2.65. The highest BCUT2D eigenvalue weighted by atomic mass is 32.1. The van der Waals surface area contributed by atoms with Crippen molar-refractivity contribution in [1.29, 1.82) is 0 Å². The minimum absolute atomic E-state index is 0.373. The van der Waals surface area contributed by atoms with E-state index in [0.717, 1.165) is 29.7 Å². The second-order valence-electron chi connectivity index (χ2n) is 4.67. The number of hydrogen-bond acceptors (Lipinski definition) is 3. The molecule has 2 N–H and O–H groups in total. The van der Waals surface area contributed by atoms with E-state index in [9.17, 15) is 0 Å². The topological polar surface area (TPSA) is 48.1 Å². The van der Waals surface area contributed by atoms with Gasteiger partial charge in [-0.15, -0.1) is 0 Å². The van der Waals surface area contributed by atoms with Crippen LogP contribution in [0, 0.1) is 6.92 Å². The summed E-state index contributed by atoms with van der Waals surface area (Å²) in [5.41, 5.74) is 8.92. The molecule has 0 amide bonds. The Kier molecular flexibility index (Phi) is 5.07. The van der Waals surface area contributed by atoms with Gasteiger partial charge in [0.15, 0.2) is 0 Å². The van der Waals surface area contributed by atoms with Crippen molar-refractivity contribution in [3.8, 4) is 5.75 Å². The summed E-state index contributed by atoms with van der Waals surface area (Å²) in [6, 6.07) is 9.93. The molecule has 0 aliphatic rings. The average Bonchev–Trinajstić information content (AvgIpc) is 2.45. The minimum atomic E-state index is 0.373. The maximum atomic E-state index is 5.79. The molecule has 3 nitrogen and oxygen atoms in total. The van der Waals surface area contributed by atoms with Crippen LogP contribution < -0.4 is 10.5 Å². The molecule has 0 spiro atoms. The zero-order valence-corrected chi connectivity index (χ0v) is 12.3.